The zero-order chi connectivity index (χ0) is 12.1. The van der Waals surface area contributed by atoms with Crippen molar-refractivity contribution in [2.75, 3.05) is 14.2 Å². The Bertz CT molecular complexity index is 355. The Morgan fingerprint density at radius 2 is 1.81 bits per heavy atom. The van der Waals surface area contributed by atoms with Crippen molar-refractivity contribution >= 4 is 11.6 Å². The van der Waals surface area contributed by atoms with Crippen molar-refractivity contribution in [3.05, 3.63) is 22.7 Å². The molecule has 0 saturated carbocycles. The molecule has 0 saturated heterocycles. The summed E-state index contributed by atoms with van der Waals surface area (Å²) in [6.07, 6.45) is 1.92. The summed E-state index contributed by atoms with van der Waals surface area (Å²) in [5.74, 6) is 1.29. The fourth-order valence-corrected chi connectivity index (χ4v) is 1.91. The van der Waals surface area contributed by atoms with E-state index in [4.69, 9.17) is 26.8 Å². The van der Waals surface area contributed by atoms with Gasteiger partial charge in [-0.3, -0.25) is 0 Å². The maximum absolute atomic E-state index is 6.15. The molecule has 0 aliphatic heterocycles. The lowest BCUT2D eigenvalue weighted by Crippen LogP contribution is -2.10. The van der Waals surface area contributed by atoms with Crippen LogP contribution in [0.25, 0.3) is 0 Å². The molecule has 1 rings (SSSR count). The zero-order valence-electron chi connectivity index (χ0n) is 9.92. The first-order valence-electron chi connectivity index (χ1n) is 5.31. The van der Waals surface area contributed by atoms with Crippen molar-refractivity contribution in [3.63, 3.8) is 0 Å². The molecule has 3 nitrogen and oxygen atoms in total. The van der Waals surface area contributed by atoms with Crippen LogP contribution in [0.15, 0.2) is 12.1 Å². The predicted molar refractivity (Wildman–Crippen MR) is 66.4 cm³/mol. The van der Waals surface area contributed by atoms with Crippen LogP contribution in [0.1, 0.15) is 31.4 Å². The van der Waals surface area contributed by atoms with Gasteiger partial charge in [0.15, 0.2) is 11.5 Å². The van der Waals surface area contributed by atoms with Gasteiger partial charge in [0.1, 0.15) is 0 Å². The van der Waals surface area contributed by atoms with Crippen molar-refractivity contribution in [3.8, 4) is 11.5 Å². The van der Waals surface area contributed by atoms with Crippen LogP contribution < -0.4 is 15.2 Å². The fraction of sp³-hybridized carbons (Fsp3) is 0.500. The summed E-state index contributed by atoms with van der Waals surface area (Å²) >= 11 is 6.15. The Morgan fingerprint density at radius 3 is 2.31 bits per heavy atom. The number of rotatable bonds is 5. The van der Waals surface area contributed by atoms with E-state index < -0.39 is 0 Å². The summed E-state index contributed by atoms with van der Waals surface area (Å²) in [6.45, 7) is 2.09. The van der Waals surface area contributed by atoms with Gasteiger partial charge in [-0.1, -0.05) is 24.9 Å². The van der Waals surface area contributed by atoms with Gasteiger partial charge >= 0.3 is 0 Å². The van der Waals surface area contributed by atoms with Gasteiger partial charge in [0.2, 0.25) is 0 Å². The molecule has 0 bridgehead atoms. The fourth-order valence-electron chi connectivity index (χ4n) is 1.62. The number of benzene rings is 1. The highest BCUT2D eigenvalue weighted by molar-refractivity contribution is 6.31. The van der Waals surface area contributed by atoms with E-state index in [1.165, 1.54) is 0 Å². The first-order chi connectivity index (χ1) is 7.63. The smallest absolute Gasteiger partial charge is 0.162 e. The lowest BCUT2D eigenvalue weighted by molar-refractivity contribution is 0.354. The van der Waals surface area contributed by atoms with Crippen molar-refractivity contribution in [1.82, 2.24) is 0 Å². The number of halogens is 1. The lowest BCUT2D eigenvalue weighted by atomic mass is 10.0. The van der Waals surface area contributed by atoms with Crippen molar-refractivity contribution < 1.29 is 9.47 Å². The number of ether oxygens (including phenoxy) is 2. The molecule has 0 fully saturated rings. The molecule has 1 atom stereocenters. The molecule has 0 amide bonds. The van der Waals surface area contributed by atoms with E-state index in [2.05, 4.69) is 6.92 Å². The maximum atomic E-state index is 6.15. The van der Waals surface area contributed by atoms with E-state index in [9.17, 15) is 0 Å². The molecule has 1 unspecified atom stereocenters. The van der Waals surface area contributed by atoms with Crippen LogP contribution in [0.4, 0.5) is 0 Å². The largest absolute Gasteiger partial charge is 0.493 e. The zero-order valence-corrected chi connectivity index (χ0v) is 10.7. The molecule has 0 aliphatic rings. The highest BCUT2D eigenvalue weighted by Gasteiger charge is 2.14. The van der Waals surface area contributed by atoms with Gasteiger partial charge < -0.3 is 15.2 Å². The minimum Gasteiger partial charge on any atom is -0.493 e. The third-order valence-electron chi connectivity index (χ3n) is 2.50. The summed E-state index contributed by atoms with van der Waals surface area (Å²) in [5.41, 5.74) is 6.94. The molecule has 90 valence electrons. The molecule has 0 radical (unpaired) electrons. The highest BCUT2D eigenvalue weighted by Crippen LogP contribution is 2.36. The molecular formula is C12H18ClNO2. The summed E-state index contributed by atoms with van der Waals surface area (Å²) in [6, 6.07) is 3.53. The Morgan fingerprint density at radius 1 is 1.25 bits per heavy atom. The topological polar surface area (TPSA) is 44.5 Å². The van der Waals surface area contributed by atoms with Crippen LogP contribution in [0, 0.1) is 0 Å². The van der Waals surface area contributed by atoms with Crippen LogP contribution in [0.3, 0.4) is 0 Å². The molecule has 16 heavy (non-hydrogen) atoms. The van der Waals surface area contributed by atoms with Gasteiger partial charge in [-0.25, -0.2) is 0 Å². The third-order valence-corrected chi connectivity index (χ3v) is 2.83. The summed E-state index contributed by atoms with van der Waals surface area (Å²) in [7, 11) is 3.18. The molecule has 0 heterocycles. The molecule has 0 spiro atoms. The van der Waals surface area contributed by atoms with E-state index in [0.717, 1.165) is 18.4 Å². The standard InChI is InChI=1S/C12H18ClNO2/c1-4-5-10(14)8-6-11(15-2)12(16-3)7-9(8)13/h6-7,10H,4-5,14H2,1-3H3. The van der Waals surface area contributed by atoms with Crippen LogP contribution in [0.5, 0.6) is 11.5 Å². The second kappa shape index (κ2) is 5.97. The normalized spacial score (nSPS) is 12.3. The van der Waals surface area contributed by atoms with Crippen molar-refractivity contribution in [2.45, 2.75) is 25.8 Å². The average molecular weight is 244 g/mol. The predicted octanol–water partition coefficient (Wildman–Crippen LogP) is 3.16. The Balaban J connectivity index is 3.10. The van der Waals surface area contributed by atoms with Gasteiger partial charge in [0.05, 0.1) is 14.2 Å². The van der Waals surface area contributed by atoms with E-state index in [-0.39, 0.29) is 6.04 Å². The summed E-state index contributed by atoms with van der Waals surface area (Å²) in [5, 5.41) is 0.624. The van der Waals surface area contributed by atoms with Gasteiger partial charge in [0, 0.05) is 17.1 Å². The van der Waals surface area contributed by atoms with Crippen LogP contribution in [0.2, 0.25) is 5.02 Å². The van der Waals surface area contributed by atoms with Crippen LogP contribution in [-0.4, -0.2) is 14.2 Å². The van der Waals surface area contributed by atoms with E-state index >= 15 is 0 Å². The van der Waals surface area contributed by atoms with Crippen molar-refractivity contribution in [1.29, 1.82) is 0 Å². The van der Waals surface area contributed by atoms with Gasteiger partial charge in [0.25, 0.3) is 0 Å². The number of methoxy groups -OCH3 is 2. The number of hydrogen-bond acceptors (Lipinski definition) is 3. The first-order valence-corrected chi connectivity index (χ1v) is 5.68. The molecule has 0 aliphatic carbocycles. The molecule has 4 heteroatoms. The van der Waals surface area contributed by atoms with Gasteiger partial charge in [-0.05, 0) is 18.1 Å². The summed E-state index contributed by atoms with van der Waals surface area (Å²) < 4.78 is 10.4. The van der Waals surface area contributed by atoms with Crippen molar-refractivity contribution in [2.24, 2.45) is 5.73 Å². The molecule has 2 N–H and O–H groups in total. The SMILES string of the molecule is CCCC(N)c1cc(OC)c(OC)cc1Cl. The van der Waals surface area contributed by atoms with E-state index in [1.54, 1.807) is 20.3 Å². The third kappa shape index (κ3) is 2.80. The summed E-state index contributed by atoms with van der Waals surface area (Å²) in [4.78, 5) is 0. The van der Waals surface area contributed by atoms with E-state index in [1.807, 2.05) is 6.07 Å². The molecular weight excluding hydrogens is 226 g/mol. The lowest BCUT2D eigenvalue weighted by Gasteiger charge is -2.16. The van der Waals surface area contributed by atoms with Crippen LogP contribution in [-0.2, 0) is 0 Å². The van der Waals surface area contributed by atoms with Gasteiger partial charge in [-0.2, -0.15) is 0 Å². The highest BCUT2D eigenvalue weighted by atomic mass is 35.5. The molecule has 0 aromatic heterocycles. The minimum absolute atomic E-state index is 0.0580. The quantitative estimate of drug-likeness (QED) is 0.864. The average Bonchev–Trinajstić information content (AvgIpc) is 2.28. The number of nitrogens with two attached hydrogens (primary N) is 1. The maximum Gasteiger partial charge on any atom is 0.162 e. The Kier molecular flexibility index (Phi) is 4.90. The van der Waals surface area contributed by atoms with Crippen LogP contribution >= 0.6 is 11.6 Å². The molecule has 1 aromatic rings. The molecule has 1 aromatic carbocycles. The minimum atomic E-state index is -0.0580. The second-order valence-electron chi connectivity index (χ2n) is 3.62. The second-order valence-corrected chi connectivity index (χ2v) is 4.03. The Hall–Kier alpha value is -0.930. The van der Waals surface area contributed by atoms with Gasteiger partial charge in [-0.15, -0.1) is 0 Å². The Labute approximate surface area is 101 Å². The monoisotopic (exact) mass is 243 g/mol. The first kappa shape index (κ1) is 13.1. The number of hydrogen-bond donors (Lipinski definition) is 1. The van der Waals surface area contributed by atoms with E-state index in [0.29, 0.717) is 16.5 Å².